The molecule has 116 valence electrons. The summed E-state index contributed by atoms with van der Waals surface area (Å²) in [4.78, 5) is 22.0. The molecule has 0 aromatic heterocycles. The van der Waals surface area contributed by atoms with Crippen LogP contribution in [0, 0.1) is 10.1 Å². The van der Waals surface area contributed by atoms with Gasteiger partial charge in [-0.25, -0.2) is 13.1 Å². The molecule has 0 aliphatic carbocycles. The second-order valence-electron chi connectivity index (χ2n) is 4.20. The summed E-state index contributed by atoms with van der Waals surface area (Å²) in [6.45, 7) is 0.450. The van der Waals surface area contributed by atoms with Crippen LogP contribution in [0.4, 0.5) is 5.69 Å². The summed E-state index contributed by atoms with van der Waals surface area (Å²) in [7, 11) is -3.24. The van der Waals surface area contributed by atoms with Crippen molar-refractivity contribution in [1.29, 1.82) is 0 Å². The van der Waals surface area contributed by atoms with Gasteiger partial charge in [0.1, 0.15) is 0 Å². The Bertz CT molecular complexity index is 647. The zero-order valence-electron chi connectivity index (χ0n) is 11.1. The van der Waals surface area contributed by atoms with Gasteiger partial charge in [0, 0.05) is 29.7 Å². The second-order valence-corrected chi connectivity index (χ2v) is 6.88. The van der Waals surface area contributed by atoms with E-state index in [1.165, 1.54) is 18.2 Å². The minimum atomic E-state index is -3.24. The van der Waals surface area contributed by atoms with Crippen LogP contribution in [0.3, 0.4) is 0 Å². The van der Waals surface area contributed by atoms with Crippen molar-refractivity contribution in [2.24, 2.45) is 0 Å². The van der Waals surface area contributed by atoms with E-state index >= 15 is 0 Å². The van der Waals surface area contributed by atoms with Crippen molar-refractivity contribution < 1.29 is 18.1 Å². The lowest BCUT2D eigenvalue weighted by Gasteiger charge is -2.07. The summed E-state index contributed by atoms with van der Waals surface area (Å²) in [5.41, 5.74) is -0.0256. The molecule has 21 heavy (non-hydrogen) atoms. The van der Waals surface area contributed by atoms with Crippen LogP contribution in [0.25, 0.3) is 0 Å². The molecule has 1 aromatic carbocycles. The first kappa shape index (κ1) is 17.5. The first-order valence-electron chi connectivity index (χ1n) is 5.87. The third-order valence-electron chi connectivity index (χ3n) is 2.41. The standard InChI is InChI=1S/C11H14BrN3O5S/c1-21(19,20)14-6-2-5-13-11(16)9-7-8(15(17)18)3-4-10(9)12/h3-4,7,14H,2,5-6H2,1H3,(H,13,16). The minimum absolute atomic E-state index is 0.153. The Morgan fingerprint density at radius 2 is 2.05 bits per heavy atom. The Hall–Kier alpha value is -1.52. The molecule has 1 rings (SSSR count). The van der Waals surface area contributed by atoms with Gasteiger partial charge in [0.2, 0.25) is 10.0 Å². The minimum Gasteiger partial charge on any atom is -0.352 e. The SMILES string of the molecule is CS(=O)(=O)NCCCNC(=O)c1cc([N+](=O)[O-])ccc1Br. The van der Waals surface area contributed by atoms with Crippen molar-refractivity contribution in [2.45, 2.75) is 6.42 Å². The van der Waals surface area contributed by atoms with E-state index in [1.54, 1.807) is 0 Å². The summed E-state index contributed by atoms with van der Waals surface area (Å²) in [5.74, 6) is -0.468. The molecular formula is C11H14BrN3O5S. The second kappa shape index (κ2) is 7.48. The van der Waals surface area contributed by atoms with Gasteiger partial charge in [0.25, 0.3) is 11.6 Å². The highest BCUT2D eigenvalue weighted by atomic mass is 79.9. The van der Waals surface area contributed by atoms with E-state index in [0.29, 0.717) is 10.9 Å². The zero-order chi connectivity index (χ0) is 16.0. The van der Waals surface area contributed by atoms with E-state index in [1.807, 2.05) is 0 Å². The molecule has 1 aromatic rings. The fourth-order valence-corrected chi connectivity index (χ4v) is 2.39. The molecule has 0 heterocycles. The van der Waals surface area contributed by atoms with E-state index in [2.05, 4.69) is 26.0 Å². The largest absolute Gasteiger partial charge is 0.352 e. The maximum atomic E-state index is 11.9. The molecule has 8 nitrogen and oxygen atoms in total. The molecule has 0 unspecified atom stereocenters. The third kappa shape index (κ3) is 6.19. The first-order chi connectivity index (χ1) is 9.70. The number of carbonyl (C=O) groups excluding carboxylic acids is 1. The van der Waals surface area contributed by atoms with Gasteiger partial charge in [-0.3, -0.25) is 14.9 Å². The van der Waals surface area contributed by atoms with E-state index < -0.39 is 20.9 Å². The molecule has 10 heteroatoms. The normalized spacial score (nSPS) is 11.1. The van der Waals surface area contributed by atoms with Crippen LogP contribution in [0.1, 0.15) is 16.8 Å². The molecule has 0 atom stereocenters. The van der Waals surface area contributed by atoms with Gasteiger partial charge < -0.3 is 5.32 Å². The number of rotatable bonds is 7. The molecule has 0 saturated heterocycles. The number of nitrogens with one attached hydrogen (secondary N) is 2. The maximum Gasteiger partial charge on any atom is 0.270 e. The summed E-state index contributed by atoms with van der Waals surface area (Å²) >= 11 is 3.15. The Morgan fingerprint density at radius 3 is 2.62 bits per heavy atom. The van der Waals surface area contributed by atoms with Crippen molar-refractivity contribution in [3.63, 3.8) is 0 Å². The summed E-state index contributed by atoms with van der Waals surface area (Å²) in [6, 6.07) is 3.89. The van der Waals surface area contributed by atoms with Crippen LogP contribution in [-0.2, 0) is 10.0 Å². The van der Waals surface area contributed by atoms with Gasteiger partial charge in [0.15, 0.2) is 0 Å². The monoisotopic (exact) mass is 379 g/mol. The molecule has 2 N–H and O–H groups in total. The summed E-state index contributed by atoms with van der Waals surface area (Å²) in [6.07, 6.45) is 1.46. The summed E-state index contributed by atoms with van der Waals surface area (Å²) in [5, 5.41) is 13.2. The zero-order valence-corrected chi connectivity index (χ0v) is 13.5. The molecule has 0 spiro atoms. The van der Waals surface area contributed by atoms with Gasteiger partial charge in [-0.1, -0.05) is 0 Å². The lowest BCUT2D eigenvalue weighted by Crippen LogP contribution is -2.29. The Kier molecular flexibility index (Phi) is 6.24. The first-order valence-corrected chi connectivity index (χ1v) is 8.56. The van der Waals surface area contributed by atoms with E-state index in [0.717, 1.165) is 6.26 Å². The van der Waals surface area contributed by atoms with Gasteiger partial charge in [0.05, 0.1) is 16.7 Å². The highest BCUT2D eigenvalue weighted by Gasteiger charge is 2.15. The lowest BCUT2D eigenvalue weighted by molar-refractivity contribution is -0.384. The van der Waals surface area contributed by atoms with Gasteiger partial charge in [-0.15, -0.1) is 0 Å². The van der Waals surface area contributed by atoms with Crippen LogP contribution in [0.5, 0.6) is 0 Å². The van der Waals surface area contributed by atoms with Crippen LogP contribution < -0.4 is 10.0 Å². The van der Waals surface area contributed by atoms with Crippen molar-refractivity contribution in [3.8, 4) is 0 Å². The molecule has 0 fully saturated rings. The molecular weight excluding hydrogens is 366 g/mol. The number of halogens is 1. The van der Waals surface area contributed by atoms with Gasteiger partial charge in [-0.2, -0.15) is 0 Å². The number of non-ortho nitro benzene ring substituents is 1. The van der Waals surface area contributed by atoms with Gasteiger partial charge >= 0.3 is 0 Å². The average Bonchev–Trinajstić information content (AvgIpc) is 2.36. The number of carbonyl (C=O) groups is 1. The topological polar surface area (TPSA) is 118 Å². The van der Waals surface area contributed by atoms with Gasteiger partial charge in [-0.05, 0) is 28.4 Å². The molecule has 0 aliphatic rings. The van der Waals surface area contributed by atoms with Crippen molar-refractivity contribution >= 4 is 37.5 Å². The third-order valence-corrected chi connectivity index (χ3v) is 3.83. The maximum absolute atomic E-state index is 11.9. The number of hydrogen-bond acceptors (Lipinski definition) is 5. The molecule has 0 bridgehead atoms. The van der Waals surface area contributed by atoms with Crippen LogP contribution in [0.15, 0.2) is 22.7 Å². The number of sulfonamides is 1. The molecule has 0 aliphatic heterocycles. The quantitative estimate of drug-likeness (QED) is 0.416. The smallest absolute Gasteiger partial charge is 0.270 e. The highest BCUT2D eigenvalue weighted by Crippen LogP contribution is 2.22. The van der Waals surface area contributed by atoms with Crippen molar-refractivity contribution in [1.82, 2.24) is 10.0 Å². The highest BCUT2D eigenvalue weighted by molar-refractivity contribution is 9.10. The molecule has 0 radical (unpaired) electrons. The van der Waals surface area contributed by atoms with Crippen molar-refractivity contribution in [2.75, 3.05) is 19.3 Å². The fraction of sp³-hybridized carbons (Fsp3) is 0.364. The van der Waals surface area contributed by atoms with Crippen LogP contribution in [0.2, 0.25) is 0 Å². The lowest BCUT2D eigenvalue weighted by atomic mass is 10.2. The number of nitro groups is 1. The van der Waals surface area contributed by atoms with Crippen LogP contribution in [-0.4, -0.2) is 38.6 Å². The van der Waals surface area contributed by atoms with Crippen LogP contribution >= 0.6 is 15.9 Å². The van der Waals surface area contributed by atoms with E-state index in [4.69, 9.17) is 0 Å². The molecule has 1 amide bonds. The number of hydrogen-bond donors (Lipinski definition) is 2. The number of benzene rings is 1. The predicted molar refractivity (Wildman–Crippen MR) is 80.6 cm³/mol. The predicted octanol–water partition coefficient (Wildman–Crippen LogP) is 1.03. The fourth-order valence-electron chi connectivity index (χ4n) is 1.44. The number of amides is 1. The molecule has 0 saturated carbocycles. The average molecular weight is 380 g/mol. The Balaban J connectivity index is 2.56. The van der Waals surface area contributed by atoms with Crippen molar-refractivity contribution in [3.05, 3.63) is 38.3 Å². The van der Waals surface area contributed by atoms with E-state index in [-0.39, 0.29) is 24.3 Å². The Labute approximate surface area is 130 Å². The Morgan fingerprint density at radius 1 is 1.38 bits per heavy atom. The summed E-state index contributed by atoms with van der Waals surface area (Å²) < 4.78 is 24.4. The number of nitro benzene ring substituents is 1. The van der Waals surface area contributed by atoms with E-state index in [9.17, 15) is 23.3 Å². The number of nitrogens with zero attached hydrogens (tertiary/aromatic N) is 1.